The smallest absolute Gasteiger partial charge is 0.308 e. The molecule has 9 nitrogen and oxygen atoms in total. The molecule has 4 heterocycles. The number of aryl methyl sites for hydroxylation is 1. The number of urea groups is 1. The molecule has 2 aliphatic rings. The maximum atomic E-state index is 14.0. The van der Waals surface area contributed by atoms with Crippen molar-refractivity contribution in [3.8, 4) is 5.69 Å². The average molecular weight is 663 g/mol. The van der Waals surface area contributed by atoms with E-state index in [9.17, 15) is 13.2 Å². The van der Waals surface area contributed by atoms with E-state index >= 15 is 0 Å². The first-order valence-corrected chi connectivity index (χ1v) is 18.1. The van der Waals surface area contributed by atoms with E-state index in [0.29, 0.717) is 27.8 Å². The fraction of sp³-hybridized carbons (Fsp3) is 0.342. The molecule has 0 spiro atoms. The van der Waals surface area contributed by atoms with E-state index in [4.69, 9.17) is 5.10 Å². The zero-order valence-corrected chi connectivity index (χ0v) is 28.7. The van der Waals surface area contributed by atoms with Gasteiger partial charge in [-0.3, -0.25) is 10.3 Å². The van der Waals surface area contributed by atoms with E-state index in [0.717, 1.165) is 54.4 Å². The van der Waals surface area contributed by atoms with Crippen LogP contribution in [0.15, 0.2) is 96.0 Å². The molecular formula is C38H42N6O3S. The Balaban J connectivity index is 0.996. The maximum absolute atomic E-state index is 14.0. The number of sulfonamides is 1. The van der Waals surface area contributed by atoms with Crippen molar-refractivity contribution in [1.29, 1.82) is 0 Å². The SMILES string of the molecule is Cc1ccc(-n2nc(C(C)(C)C)cc2NC(=O)Nc2ccc(CC3CC4CCC(C3)N4S(=O)(=O)c3cccc4cccnc34)cc2)cc1. The zero-order chi connectivity index (χ0) is 33.6. The molecule has 5 aromatic rings. The number of rotatable bonds is 7. The van der Waals surface area contributed by atoms with Gasteiger partial charge in [0.1, 0.15) is 10.7 Å². The molecule has 10 heteroatoms. The third kappa shape index (κ3) is 6.34. The van der Waals surface area contributed by atoms with E-state index in [1.165, 1.54) is 5.56 Å². The van der Waals surface area contributed by atoms with Crippen LogP contribution in [0.2, 0.25) is 0 Å². The number of anilines is 2. The van der Waals surface area contributed by atoms with Crippen LogP contribution in [0.4, 0.5) is 16.3 Å². The lowest BCUT2D eigenvalue weighted by Crippen LogP contribution is -2.46. The fourth-order valence-corrected chi connectivity index (χ4v) is 9.32. The van der Waals surface area contributed by atoms with Gasteiger partial charge < -0.3 is 5.32 Å². The van der Waals surface area contributed by atoms with Gasteiger partial charge in [0.15, 0.2) is 0 Å². The molecule has 2 N–H and O–H groups in total. The summed E-state index contributed by atoms with van der Waals surface area (Å²) >= 11 is 0. The van der Waals surface area contributed by atoms with Crippen LogP contribution >= 0.6 is 0 Å². The van der Waals surface area contributed by atoms with Gasteiger partial charge in [-0.05, 0) is 86.9 Å². The summed E-state index contributed by atoms with van der Waals surface area (Å²) < 4.78 is 31.5. The van der Waals surface area contributed by atoms with Crippen molar-refractivity contribution in [3.05, 3.63) is 108 Å². The number of carbonyl (C=O) groups excluding carboxylic acids is 1. The van der Waals surface area contributed by atoms with Crippen LogP contribution in [0, 0.1) is 12.8 Å². The molecule has 2 fully saturated rings. The molecule has 0 radical (unpaired) electrons. The van der Waals surface area contributed by atoms with Gasteiger partial charge >= 0.3 is 6.03 Å². The number of benzene rings is 3. The fourth-order valence-electron chi connectivity index (χ4n) is 7.26. The summed E-state index contributed by atoms with van der Waals surface area (Å²) in [6.45, 7) is 8.33. The summed E-state index contributed by atoms with van der Waals surface area (Å²) in [5, 5.41) is 11.6. The van der Waals surface area contributed by atoms with E-state index in [1.807, 2.05) is 67.6 Å². The molecule has 7 rings (SSSR count). The molecule has 48 heavy (non-hydrogen) atoms. The highest BCUT2D eigenvalue weighted by atomic mass is 32.2. The molecule has 2 bridgehead atoms. The minimum Gasteiger partial charge on any atom is -0.308 e. The van der Waals surface area contributed by atoms with E-state index < -0.39 is 10.0 Å². The van der Waals surface area contributed by atoms with Crippen LogP contribution < -0.4 is 10.6 Å². The number of aromatic nitrogens is 3. The third-order valence-electron chi connectivity index (χ3n) is 9.65. The van der Waals surface area contributed by atoms with Crippen LogP contribution in [0.25, 0.3) is 16.6 Å². The number of hydrogen-bond acceptors (Lipinski definition) is 5. The highest BCUT2D eigenvalue weighted by molar-refractivity contribution is 7.89. The van der Waals surface area contributed by atoms with Crippen molar-refractivity contribution in [2.24, 2.45) is 5.92 Å². The monoisotopic (exact) mass is 662 g/mol. The molecule has 2 aliphatic heterocycles. The number of pyridine rings is 1. The molecule has 2 amide bonds. The molecule has 2 saturated heterocycles. The van der Waals surface area contributed by atoms with Gasteiger partial charge in [-0.25, -0.2) is 17.9 Å². The number of nitrogens with one attached hydrogen (secondary N) is 2. The van der Waals surface area contributed by atoms with Crippen molar-refractivity contribution in [1.82, 2.24) is 19.1 Å². The topological polar surface area (TPSA) is 109 Å². The number of para-hydroxylation sites is 1. The number of carbonyl (C=O) groups is 1. The molecule has 0 aliphatic carbocycles. The molecule has 2 atom stereocenters. The quantitative estimate of drug-likeness (QED) is 0.185. The predicted octanol–water partition coefficient (Wildman–Crippen LogP) is 7.84. The normalized spacial score (nSPS) is 19.8. The average Bonchev–Trinajstić information content (AvgIpc) is 3.61. The van der Waals surface area contributed by atoms with Gasteiger partial charge in [0.25, 0.3) is 0 Å². The van der Waals surface area contributed by atoms with Gasteiger partial charge in [-0.1, -0.05) is 68.8 Å². The van der Waals surface area contributed by atoms with E-state index in [2.05, 4.69) is 48.5 Å². The first kappa shape index (κ1) is 32.0. The predicted molar refractivity (Wildman–Crippen MR) is 190 cm³/mol. The highest BCUT2D eigenvalue weighted by Gasteiger charge is 2.47. The summed E-state index contributed by atoms with van der Waals surface area (Å²) in [5.74, 6) is 0.985. The number of amides is 2. The maximum Gasteiger partial charge on any atom is 0.324 e. The van der Waals surface area contributed by atoms with Crippen LogP contribution in [0.1, 0.15) is 63.3 Å². The Kier molecular flexibility index (Phi) is 8.33. The molecule has 2 unspecified atom stereocenters. The first-order chi connectivity index (χ1) is 23.0. The second-order valence-corrected chi connectivity index (χ2v) is 16.1. The van der Waals surface area contributed by atoms with Crippen LogP contribution in [-0.4, -0.2) is 45.6 Å². The van der Waals surface area contributed by atoms with Gasteiger partial charge in [-0.2, -0.15) is 9.40 Å². The molecule has 2 aromatic heterocycles. The second-order valence-electron chi connectivity index (χ2n) is 14.3. The Morgan fingerprint density at radius 2 is 1.58 bits per heavy atom. The van der Waals surface area contributed by atoms with Crippen molar-refractivity contribution in [2.75, 3.05) is 10.6 Å². The summed E-state index contributed by atoms with van der Waals surface area (Å²) in [7, 11) is -3.67. The molecule has 3 aromatic carbocycles. The van der Waals surface area contributed by atoms with Crippen LogP contribution in [-0.2, 0) is 21.9 Å². The molecular weight excluding hydrogens is 621 g/mol. The summed E-state index contributed by atoms with van der Waals surface area (Å²) in [6, 6.07) is 26.7. The summed E-state index contributed by atoms with van der Waals surface area (Å²) in [6.07, 6.45) is 5.96. The number of hydrogen-bond donors (Lipinski definition) is 2. The van der Waals surface area contributed by atoms with Crippen molar-refractivity contribution in [2.45, 2.75) is 82.2 Å². The number of piperidine rings is 1. The second kappa shape index (κ2) is 12.5. The van der Waals surface area contributed by atoms with Gasteiger partial charge in [0.2, 0.25) is 10.0 Å². The zero-order valence-electron chi connectivity index (χ0n) is 27.8. The number of fused-ring (bicyclic) bond motifs is 3. The van der Waals surface area contributed by atoms with Gasteiger partial charge in [-0.15, -0.1) is 0 Å². The highest BCUT2D eigenvalue weighted by Crippen LogP contribution is 2.43. The lowest BCUT2D eigenvalue weighted by molar-refractivity contribution is 0.190. The number of nitrogens with zero attached hydrogens (tertiary/aromatic N) is 4. The molecule has 248 valence electrons. The van der Waals surface area contributed by atoms with Crippen LogP contribution in [0.5, 0.6) is 0 Å². The summed E-state index contributed by atoms with van der Waals surface area (Å²) in [4.78, 5) is 17.8. The minimum absolute atomic E-state index is 0.00509. The Hall–Kier alpha value is -4.54. The van der Waals surface area contributed by atoms with E-state index in [1.54, 1.807) is 27.3 Å². The summed E-state index contributed by atoms with van der Waals surface area (Å²) in [5.41, 5.74) is 5.12. The lowest BCUT2D eigenvalue weighted by atomic mass is 9.87. The van der Waals surface area contributed by atoms with Crippen molar-refractivity contribution < 1.29 is 13.2 Å². The van der Waals surface area contributed by atoms with E-state index in [-0.39, 0.29) is 23.5 Å². The Labute approximate surface area is 282 Å². The largest absolute Gasteiger partial charge is 0.324 e. The Morgan fingerprint density at radius 3 is 2.27 bits per heavy atom. The lowest BCUT2D eigenvalue weighted by Gasteiger charge is -2.38. The van der Waals surface area contributed by atoms with Crippen molar-refractivity contribution in [3.63, 3.8) is 0 Å². The standard InChI is InChI=1S/C38H42N6O3S/c1-25-10-16-30(17-11-25)43-35(24-34(42-43)38(2,3)4)41-37(45)40-29-14-12-26(13-15-29)21-27-22-31-18-19-32(23-27)44(31)48(46,47)33-9-5-7-28-8-6-20-39-36(28)33/h5-17,20,24,27,31-32H,18-19,21-23H2,1-4H3,(H2,40,41,45). The molecule has 0 saturated carbocycles. The van der Waals surface area contributed by atoms with Gasteiger partial charge in [0, 0.05) is 40.8 Å². The van der Waals surface area contributed by atoms with Gasteiger partial charge in [0.05, 0.1) is 16.9 Å². The van der Waals surface area contributed by atoms with Crippen molar-refractivity contribution >= 4 is 38.5 Å². The minimum atomic E-state index is -3.67. The third-order valence-corrected chi connectivity index (χ3v) is 11.7. The Morgan fingerprint density at radius 1 is 0.896 bits per heavy atom. The Bertz CT molecular complexity index is 2050. The van der Waals surface area contributed by atoms with Crippen LogP contribution in [0.3, 0.4) is 0 Å². The first-order valence-electron chi connectivity index (χ1n) is 16.7.